The van der Waals surface area contributed by atoms with Crippen LogP contribution in [0.5, 0.6) is 11.5 Å². The lowest BCUT2D eigenvalue weighted by atomic mass is 10.1. The number of hydrogen-bond donors (Lipinski definition) is 0. The highest BCUT2D eigenvalue weighted by Gasteiger charge is 2.07. The van der Waals surface area contributed by atoms with Gasteiger partial charge in [0, 0.05) is 30.3 Å². The molecule has 24 heavy (non-hydrogen) atoms. The Kier molecular flexibility index (Phi) is 6.27. The summed E-state index contributed by atoms with van der Waals surface area (Å²) in [5.74, 6) is 1.28. The summed E-state index contributed by atoms with van der Waals surface area (Å²) in [4.78, 5) is 13.9. The number of carbonyl (C=O) groups is 1. The first-order chi connectivity index (χ1) is 11.5. The zero-order chi connectivity index (χ0) is 17.5. The van der Waals surface area contributed by atoms with Gasteiger partial charge in [-0.2, -0.15) is 0 Å². The van der Waals surface area contributed by atoms with E-state index in [0.717, 1.165) is 11.1 Å². The average Bonchev–Trinajstić information content (AvgIpc) is 2.61. The highest BCUT2D eigenvalue weighted by atomic mass is 35.5. The van der Waals surface area contributed by atoms with Crippen molar-refractivity contribution >= 4 is 23.6 Å². The number of halogens is 1. The van der Waals surface area contributed by atoms with Gasteiger partial charge in [0.25, 0.3) is 0 Å². The third kappa shape index (κ3) is 4.77. The highest BCUT2D eigenvalue weighted by molar-refractivity contribution is 6.30. The molecule has 0 bridgehead atoms. The van der Waals surface area contributed by atoms with Crippen molar-refractivity contribution in [1.82, 2.24) is 4.90 Å². The fraction of sp³-hybridized carbons (Fsp3) is 0.211. The molecule has 0 N–H and O–H groups in total. The molecule has 0 spiro atoms. The van der Waals surface area contributed by atoms with Gasteiger partial charge in [0.1, 0.15) is 11.5 Å². The first kappa shape index (κ1) is 17.9. The fourth-order valence-corrected chi connectivity index (χ4v) is 2.33. The Morgan fingerprint density at radius 3 is 2.46 bits per heavy atom. The van der Waals surface area contributed by atoms with Crippen LogP contribution in [-0.4, -0.2) is 32.1 Å². The highest BCUT2D eigenvalue weighted by Crippen LogP contribution is 2.25. The number of benzene rings is 2. The van der Waals surface area contributed by atoms with E-state index < -0.39 is 0 Å². The van der Waals surface area contributed by atoms with Gasteiger partial charge in [-0.15, -0.1) is 0 Å². The molecule has 0 unspecified atom stereocenters. The minimum atomic E-state index is -0.102. The Labute approximate surface area is 147 Å². The maximum atomic E-state index is 12.3. The maximum absolute atomic E-state index is 12.3. The van der Waals surface area contributed by atoms with Crippen molar-refractivity contribution in [2.24, 2.45) is 0 Å². The van der Waals surface area contributed by atoms with Gasteiger partial charge >= 0.3 is 0 Å². The number of hydrogen-bond acceptors (Lipinski definition) is 3. The van der Waals surface area contributed by atoms with Crippen molar-refractivity contribution in [3.05, 3.63) is 64.7 Å². The standard InChI is InChI=1S/C19H20ClNO3/c1-21(13-14-4-7-16(20)8-5-14)19(22)11-6-15-12-17(23-2)9-10-18(15)24-3/h4-12H,13H2,1-3H3/b11-6+. The number of carbonyl (C=O) groups excluding carboxylic acids is 1. The molecule has 4 nitrogen and oxygen atoms in total. The van der Waals surface area contributed by atoms with Crippen LogP contribution in [0.1, 0.15) is 11.1 Å². The summed E-state index contributed by atoms with van der Waals surface area (Å²) in [6.45, 7) is 0.510. The lowest BCUT2D eigenvalue weighted by Crippen LogP contribution is -2.24. The molecule has 0 aliphatic heterocycles. The van der Waals surface area contributed by atoms with E-state index in [-0.39, 0.29) is 5.91 Å². The van der Waals surface area contributed by atoms with Crippen LogP contribution < -0.4 is 9.47 Å². The van der Waals surface area contributed by atoms with E-state index in [2.05, 4.69) is 0 Å². The maximum Gasteiger partial charge on any atom is 0.246 e. The van der Waals surface area contributed by atoms with Crippen LogP contribution >= 0.6 is 11.6 Å². The van der Waals surface area contributed by atoms with E-state index in [4.69, 9.17) is 21.1 Å². The molecule has 0 aliphatic rings. The van der Waals surface area contributed by atoms with E-state index in [0.29, 0.717) is 23.1 Å². The summed E-state index contributed by atoms with van der Waals surface area (Å²) in [5.41, 5.74) is 1.80. The number of rotatable bonds is 6. The van der Waals surface area contributed by atoms with Gasteiger partial charge in [-0.25, -0.2) is 0 Å². The Bertz CT molecular complexity index is 726. The minimum absolute atomic E-state index is 0.102. The van der Waals surface area contributed by atoms with Crippen LogP contribution in [0.25, 0.3) is 6.08 Å². The summed E-state index contributed by atoms with van der Waals surface area (Å²) in [6.07, 6.45) is 3.25. The van der Waals surface area contributed by atoms with Gasteiger partial charge in [-0.1, -0.05) is 23.7 Å². The third-order valence-electron chi connectivity index (χ3n) is 3.55. The quantitative estimate of drug-likeness (QED) is 0.742. The number of likely N-dealkylation sites (N-methyl/N-ethyl adjacent to an activating group) is 1. The van der Waals surface area contributed by atoms with Crippen LogP contribution in [0.4, 0.5) is 0 Å². The number of ether oxygens (including phenoxy) is 2. The Morgan fingerprint density at radius 1 is 1.12 bits per heavy atom. The lowest BCUT2D eigenvalue weighted by molar-refractivity contribution is -0.125. The van der Waals surface area contributed by atoms with Crippen LogP contribution in [0.2, 0.25) is 5.02 Å². The fourth-order valence-electron chi connectivity index (χ4n) is 2.20. The first-order valence-electron chi connectivity index (χ1n) is 7.43. The van der Waals surface area contributed by atoms with Crippen molar-refractivity contribution in [3.63, 3.8) is 0 Å². The predicted molar refractivity (Wildman–Crippen MR) is 96.5 cm³/mol. The SMILES string of the molecule is COc1ccc(OC)c(/C=C/C(=O)N(C)Cc2ccc(Cl)cc2)c1. The summed E-state index contributed by atoms with van der Waals surface area (Å²) in [6, 6.07) is 12.9. The second kappa shape index (κ2) is 8.41. The molecule has 2 rings (SSSR count). The zero-order valence-electron chi connectivity index (χ0n) is 14.0. The Morgan fingerprint density at radius 2 is 1.83 bits per heavy atom. The second-order valence-corrected chi connectivity index (χ2v) is 5.70. The smallest absolute Gasteiger partial charge is 0.246 e. The Hall–Kier alpha value is -2.46. The van der Waals surface area contributed by atoms with Gasteiger partial charge in [0.15, 0.2) is 0 Å². The van der Waals surface area contributed by atoms with Crippen LogP contribution in [0.3, 0.4) is 0 Å². The molecular weight excluding hydrogens is 326 g/mol. The molecule has 0 radical (unpaired) electrons. The summed E-state index contributed by atoms with van der Waals surface area (Å²) < 4.78 is 10.5. The number of amides is 1. The molecule has 0 aliphatic carbocycles. The van der Waals surface area contributed by atoms with Gasteiger partial charge in [0.05, 0.1) is 14.2 Å². The normalized spacial score (nSPS) is 10.7. The molecule has 5 heteroatoms. The molecule has 0 saturated heterocycles. The molecular formula is C19H20ClNO3. The van der Waals surface area contributed by atoms with Gasteiger partial charge in [-0.05, 0) is 42.0 Å². The summed E-state index contributed by atoms with van der Waals surface area (Å²) in [7, 11) is 4.94. The lowest BCUT2D eigenvalue weighted by Gasteiger charge is -2.15. The van der Waals surface area contributed by atoms with Gasteiger partial charge in [-0.3, -0.25) is 4.79 Å². The van der Waals surface area contributed by atoms with Crippen molar-refractivity contribution in [3.8, 4) is 11.5 Å². The minimum Gasteiger partial charge on any atom is -0.497 e. The topological polar surface area (TPSA) is 38.8 Å². The van der Waals surface area contributed by atoms with Gasteiger partial charge in [0.2, 0.25) is 5.91 Å². The van der Waals surface area contributed by atoms with E-state index in [9.17, 15) is 4.79 Å². The first-order valence-corrected chi connectivity index (χ1v) is 7.81. The van der Waals surface area contributed by atoms with E-state index in [1.807, 2.05) is 36.4 Å². The van der Waals surface area contributed by atoms with Gasteiger partial charge < -0.3 is 14.4 Å². The predicted octanol–water partition coefficient (Wildman–Crippen LogP) is 4.03. The third-order valence-corrected chi connectivity index (χ3v) is 3.80. The molecule has 1 amide bonds. The molecule has 0 atom stereocenters. The largest absolute Gasteiger partial charge is 0.497 e. The molecule has 2 aromatic rings. The molecule has 126 valence electrons. The summed E-state index contributed by atoms with van der Waals surface area (Å²) in [5, 5.41) is 0.678. The molecule has 2 aromatic carbocycles. The molecule has 0 saturated carbocycles. The Balaban J connectivity index is 2.07. The molecule has 0 heterocycles. The zero-order valence-corrected chi connectivity index (χ0v) is 14.7. The van der Waals surface area contributed by atoms with Crippen LogP contribution in [0, 0.1) is 0 Å². The van der Waals surface area contributed by atoms with Crippen molar-refractivity contribution in [2.75, 3.05) is 21.3 Å². The van der Waals surface area contributed by atoms with E-state index in [1.165, 1.54) is 6.08 Å². The van der Waals surface area contributed by atoms with Crippen LogP contribution in [0.15, 0.2) is 48.5 Å². The van der Waals surface area contributed by atoms with Crippen molar-refractivity contribution in [2.45, 2.75) is 6.54 Å². The average molecular weight is 346 g/mol. The number of nitrogens with zero attached hydrogens (tertiary/aromatic N) is 1. The summed E-state index contributed by atoms with van der Waals surface area (Å²) >= 11 is 5.87. The monoisotopic (exact) mass is 345 g/mol. The van der Waals surface area contributed by atoms with E-state index in [1.54, 1.807) is 38.3 Å². The second-order valence-electron chi connectivity index (χ2n) is 5.26. The molecule has 0 fully saturated rings. The van der Waals surface area contributed by atoms with E-state index >= 15 is 0 Å². The molecule has 0 aromatic heterocycles. The number of methoxy groups -OCH3 is 2. The van der Waals surface area contributed by atoms with Crippen molar-refractivity contribution in [1.29, 1.82) is 0 Å². The van der Waals surface area contributed by atoms with Crippen molar-refractivity contribution < 1.29 is 14.3 Å². The van der Waals surface area contributed by atoms with Crippen LogP contribution in [-0.2, 0) is 11.3 Å².